The fourth-order valence-corrected chi connectivity index (χ4v) is 3.65. The molecule has 0 amide bonds. The second kappa shape index (κ2) is 7.60. The van der Waals surface area contributed by atoms with Gasteiger partial charge in [-0.2, -0.15) is 10.5 Å². The van der Waals surface area contributed by atoms with Crippen LogP contribution < -0.4 is 0 Å². The van der Waals surface area contributed by atoms with Gasteiger partial charge in [0.1, 0.15) is 0 Å². The fourth-order valence-electron chi connectivity index (χ4n) is 1.32. The van der Waals surface area contributed by atoms with Crippen LogP contribution in [0.2, 0.25) is 0 Å². The molecule has 0 aliphatic carbocycles. The van der Waals surface area contributed by atoms with Crippen molar-refractivity contribution in [3.05, 3.63) is 0 Å². The Hall–Kier alpha value is -0.790. The van der Waals surface area contributed by atoms with Gasteiger partial charge in [-0.3, -0.25) is 0 Å². The molecule has 0 aromatic heterocycles. The molecule has 0 heterocycles. The van der Waals surface area contributed by atoms with Crippen LogP contribution >= 0.6 is 7.14 Å². The molecule has 0 atom stereocenters. The van der Waals surface area contributed by atoms with Gasteiger partial charge in [0.05, 0.1) is 19.3 Å². The van der Waals surface area contributed by atoms with E-state index in [4.69, 9.17) is 10.5 Å². The van der Waals surface area contributed by atoms with E-state index in [0.29, 0.717) is 31.3 Å². The van der Waals surface area contributed by atoms with Crippen LogP contribution in [0.15, 0.2) is 0 Å². The molecule has 78 valence electrons. The van der Waals surface area contributed by atoms with Crippen LogP contribution in [0.4, 0.5) is 0 Å². The SMILES string of the molecule is CCP(=O)(CCCC#N)CCCC#N. The Kier molecular flexibility index (Phi) is 7.17. The topological polar surface area (TPSA) is 64.7 Å². The van der Waals surface area contributed by atoms with Crippen molar-refractivity contribution in [1.29, 1.82) is 10.5 Å². The van der Waals surface area contributed by atoms with Crippen LogP contribution in [0, 0.1) is 22.7 Å². The lowest BCUT2D eigenvalue weighted by Gasteiger charge is -2.14. The van der Waals surface area contributed by atoms with Gasteiger partial charge < -0.3 is 4.57 Å². The van der Waals surface area contributed by atoms with Crippen molar-refractivity contribution >= 4 is 7.14 Å². The molecular formula is C10H17N2OP. The molecule has 4 heteroatoms. The van der Waals surface area contributed by atoms with E-state index >= 15 is 0 Å². The summed E-state index contributed by atoms with van der Waals surface area (Å²) in [5.41, 5.74) is 0. The highest BCUT2D eigenvalue weighted by molar-refractivity contribution is 7.63. The average molecular weight is 212 g/mol. The first kappa shape index (κ1) is 13.2. The van der Waals surface area contributed by atoms with E-state index < -0.39 is 7.14 Å². The van der Waals surface area contributed by atoms with E-state index in [1.165, 1.54) is 0 Å². The van der Waals surface area contributed by atoms with E-state index in [9.17, 15) is 4.57 Å². The standard InChI is InChI=1S/C10H17N2OP/c1-2-14(13,9-5-3-7-11)10-6-4-8-12/h2-6,9-10H2,1H3. The molecule has 3 nitrogen and oxygen atoms in total. The van der Waals surface area contributed by atoms with Crippen LogP contribution in [0.25, 0.3) is 0 Å². The molecule has 0 aliphatic rings. The van der Waals surface area contributed by atoms with Crippen molar-refractivity contribution in [3.63, 3.8) is 0 Å². The first-order valence-electron chi connectivity index (χ1n) is 4.99. The Bertz CT molecular complexity index is 251. The molecule has 0 bridgehead atoms. The molecule has 0 aliphatic heterocycles. The summed E-state index contributed by atoms with van der Waals surface area (Å²) in [6.45, 7) is 1.93. The van der Waals surface area contributed by atoms with Crippen molar-refractivity contribution in [2.45, 2.75) is 32.6 Å². The number of nitrogens with zero attached hydrogens (tertiary/aromatic N) is 2. The summed E-state index contributed by atoms with van der Waals surface area (Å²) in [4.78, 5) is 0. The number of nitriles is 2. The zero-order chi connectivity index (χ0) is 10.9. The Morgan fingerprint density at radius 2 is 1.50 bits per heavy atom. The van der Waals surface area contributed by atoms with Gasteiger partial charge in [-0.1, -0.05) is 6.92 Å². The van der Waals surface area contributed by atoms with E-state index in [1.54, 1.807) is 0 Å². The first-order valence-corrected chi connectivity index (χ1v) is 7.26. The van der Waals surface area contributed by atoms with Crippen LogP contribution in [-0.4, -0.2) is 18.5 Å². The molecule has 14 heavy (non-hydrogen) atoms. The monoisotopic (exact) mass is 212 g/mol. The Morgan fingerprint density at radius 3 is 1.79 bits per heavy atom. The minimum Gasteiger partial charge on any atom is -0.324 e. The largest absolute Gasteiger partial charge is 0.324 e. The normalized spacial score (nSPS) is 10.5. The molecule has 0 spiro atoms. The molecule has 0 N–H and O–H groups in total. The molecule has 0 saturated carbocycles. The number of rotatable bonds is 7. The predicted octanol–water partition coefficient (Wildman–Crippen LogP) is 2.98. The molecule has 0 unspecified atom stereocenters. The van der Waals surface area contributed by atoms with E-state index in [1.807, 2.05) is 6.92 Å². The summed E-state index contributed by atoms with van der Waals surface area (Å²) in [6.07, 6.45) is 4.47. The Balaban J connectivity index is 3.88. The Morgan fingerprint density at radius 1 is 1.07 bits per heavy atom. The van der Waals surface area contributed by atoms with Gasteiger partial charge in [0.15, 0.2) is 0 Å². The number of hydrogen-bond donors (Lipinski definition) is 0. The lowest BCUT2D eigenvalue weighted by Crippen LogP contribution is -1.98. The molecule has 0 rings (SSSR count). The highest BCUT2D eigenvalue weighted by Gasteiger charge is 2.18. The van der Waals surface area contributed by atoms with Gasteiger partial charge >= 0.3 is 0 Å². The zero-order valence-corrected chi connectivity index (χ0v) is 9.59. The van der Waals surface area contributed by atoms with Crippen LogP contribution in [0.1, 0.15) is 32.6 Å². The average Bonchev–Trinajstić information content (AvgIpc) is 2.19. The summed E-state index contributed by atoms with van der Waals surface area (Å²) < 4.78 is 12.1. The van der Waals surface area contributed by atoms with Crippen LogP contribution in [-0.2, 0) is 4.57 Å². The molecule has 0 aromatic rings. The van der Waals surface area contributed by atoms with E-state index in [-0.39, 0.29) is 0 Å². The lowest BCUT2D eigenvalue weighted by atomic mass is 10.4. The minimum absolute atomic E-state index is 0.488. The molecule has 0 saturated heterocycles. The maximum absolute atomic E-state index is 12.1. The smallest absolute Gasteiger partial charge is 0.0875 e. The third kappa shape index (κ3) is 5.79. The second-order valence-corrected chi connectivity index (χ2v) is 6.99. The lowest BCUT2D eigenvalue weighted by molar-refractivity contribution is 0.572. The molecular weight excluding hydrogens is 195 g/mol. The van der Waals surface area contributed by atoms with Gasteiger partial charge in [-0.25, -0.2) is 0 Å². The number of hydrogen-bond acceptors (Lipinski definition) is 3. The van der Waals surface area contributed by atoms with Gasteiger partial charge in [0.2, 0.25) is 0 Å². The van der Waals surface area contributed by atoms with Crippen molar-refractivity contribution in [1.82, 2.24) is 0 Å². The molecule has 0 aromatic carbocycles. The predicted molar refractivity (Wildman–Crippen MR) is 57.6 cm³/mol. The third-order valence-electron chi connectivity index (χ3n) is 2.28. The van der Waals surface area contributed by atoms with E-state index in [0.717, 1.165) is 12.8 Å². The maximum Gasteiger partial charge on any atom is 0.0875 e. The van der Waals surface area contributed by atoms with Crippen molar-refractivity contribution < 1.29 is 4.57 Å². The maximum atomic E-state index is 12.1. The van der Waals surface area contributed by atoms with Gasteiger partial charge in [0, 0.05) is 25.2 Å². The number of unbranched alkanes of at least 4 members (excludes halogenated alkanes) is 2. The second-order valence-electron chi connectivity index (χ2n) is 3.34. The summed E-state index contributed by atoms with van der Waals surface area (Å²) >= 11 is 0. The van der Waals surface area contributed by atoms with Crippen molar-refractivity contribution in [2.24, 2.45) is 0 Å². The highest BCUT2D eigenvalue weighted by Crippen LogP contribution is 2.46. The van der Waals surface area contributed by atoms with Gasteiger partial charge in [-0.15, -0.1) is 0 Å². The van der Waals surface area contributed by atoms with E-state index in [2.05, 4.69) is 12.1 Å². The fraction of sp³-hybridized carbons (Fsp3) is 0.800. The molecule has 0 radical (unpaired) electrons. The van der Waals surface area contributed by atoms with Gasteiger partial charge in [0.25, 0.3) is 0 Å². The summed E-state index contributed by atoms with van der Waals surface area (Å²) in [5, 5.41) is 16.7. The van der Waals surface area contributed by atoms with Crippen molar-refractivity contribution in [2.75, 3.05) is 18.5 Å². The first-order chi connectivity index (χ1) is 6.68. The van der Waals surface area contributed by atoms with Gasteiger partial charge in [-0.05, 0) is 19.0 Å². The minimum atomic E-state index is -2.06. The third-order valence-corrected chi connectivity index (χ3v) is 5.70. The van der Waals surface area contributed by atoms with Crippen LogP contribution in [0.5, 0.6) is 0 Å². The summed E-state index contributed by atoms with van der Waals surface area (Å²) in [6, 6.07) is 4.12. The zero-order valence-electron chi connectivity index (χ0n) is 8.70. The van der Waals surface area contributed by atoms with Crippen LogP contribution in [0.3, 0.4) is 0 Å². The highest BCUT2D eigenvalue weighted by atomic mass is 31.2. The summed E-state index contributed by atoms with van der Waals surface area (Å²) in [5.74, 6) is 0. The Labute approximate surface area is 86.1 Å². The summed E-state index contributed by atoms with van der Waals surface area (Å²) in [7, 11) is -2.06. The van der Waals surface area contributed by atoms with Crippen molar-refractivity contribution in [3.8, 4) is 12.1 Å². The quantitative estimate of drug-likeness (QED) is 0.481. The molecule has 0 fully saturated rings.